The SMILES string of the molecule is COc1ccc(S(=O)(=O)NC(CC(=O)NC2CCOc3cc(CN(C)CC(C)C)ccc32)c2ccccc2)cc1. The molecule has 214 valence electrons. The minimum Gasteiger partial charge on any atom is -0.497 e. The Morgan fingerprint density at radius 3 is 2.48 bits per heavy atom. The summed E-state index contributed by atoms with van der Waals surface area (Å²) < 4.78 is 40.2. The average Bonchev–Trinajstić information content (AvgIpc) is 2.92. The number of nitrogens with one attached hydrogen (secondary N) is 2. The summed E-state index contributed by atoms with van der Waals surface area (Å²) in [5.74, 6) is 1.68. The predicted octanol–water partition coefficient (Wildman–Crippen LogP) is 4.83. The van der Waals surface area contributed by atoms with E-state index < -0.39 is 16.1 Å². The first-order chi connectivity index (χ1) is 19.1. The molecule has 0 aliphatic carbocycles. The van der Waals surface area contributed by atoms with Gasteiger partial charge in [0.2, 0.25) is 15.9 Å². The second kappa shape index (κ2) is 13.3. The molecule has 2 atom stereocenters. The van der Waals surface area contributed by atoms with Gasteiger partial charge in [0, 0.05) is 31.5 Å². The van der Waals surface area contributed by atoms with Crippen molar-refractivity contribution in [2.24, 2.45) is 5.92 Å². The first-order valence-electron chi connectivity index (χ1n) is 13.6. The second-order valence-electron chi connectivity index (χ2n) is 10.7. The molecular formula is C31H39N3O5S. The van der Waals surface area contributed by atoms with Crippen LogP contribution in [-0.2, 0) is 21.4 Å². The maximum atomic E-state index is 13.3. The van der Waals surface area contributed by atoms with Crippen LogP contribution in [0.3, 0.4) is 0 Å². The van der Waals surface area contributed by atoms with Crippen molar-refractivity contribution in [3.8, 4) is 11.5 Å². The molecule has 0 saturated carbocycles. The van der Waals surface area contributed by atoms with Crippen LogP contribution in [0.5, 0.6) is 11.5 Å². The van der Waals surface area contributed by atoms with Crippen molar-refractivity contribution < 1.29 is 22.7 Å². The van der Waals surface area contributed by atoms with E-state index in [9.17, 15) is 13.2 Å². The molecule has 2 unspecified atom stereocenters. The Morgan fingerprint density at radius 2 is 1.80 bits per heavy atom. The summed E-state index contributed by atoms with van der Waals surface area (Å²) in [6.45, 7) is 6.72. The number of amides is 1. The predicted molar refractivity (Wildman–Crippen MR) is 156 cm³/mol. The van der Waals surface area contributed by atoms with Crippen molar-refractivity contribution in [3.63, 3.8) is 0 Å². The van der Waals surface area contributed by atoms with Crippen molar-refractivity contribution in [2.75, 3.05) is 27.3 Å². The second-order valence-corrected chi connectivity index (χ2v) is 12.4. The zero-order chi connectivity index (χ0) is 28.7. The van der Waals surface area contributed by atoms with Crippen LogP contribution in [0.1, 0.15) is 55.5 Å². The number of nitrogens with zero attached hydrogens (tertiary/aromatic N) is 1. The lowest BCUT2D eigenvalue weighted by Gasteiger charge is -2.28. The molecule has 1 aliphatic heterocycles. The van der Waals surface area contributed by atoms with E-state index in [1.165, 1.54) is 19.2 Å². The molecule has 0 fully saturated rings. The number of hydrogen-bond donors (Lipinski definition) is 2. The fourth-order valence-electron chi connectivity index (χ4n) is 5.04. The van der Waals surface area contributed by atoms with E-state index in [2.05, 4.69) is 48.0 Å². The van der Waals surface area contributed by atoms with E-state index in [0.717, 1.165) is 30.0 Å². The molecule has 1 heterocycles. The van der Waals surface area contributed by atoms with E-state index >= 15 is 0 Å². The quantitative estimate of drug-likeness (QED) is 0.327. The summed E-state index contributed by atoms with van der Waals surface area (Å²) in [5, 5.41) is 3.12. The van der Waals surface area contributed by atoms with Gasteiger partial charge in [-0.15, -0.1) is 0 Å². The minimum atomic E-state index is -3.89. The van der Waals surface area contributed by atoms with Gasteiger partial charge in [0.15, 0.2) is 0 Å². The number of carbonyl (C=O) groups excluding carboxylic acids is 1. The highest BCUT2D eigenvalue weighted by molar-refractivity contribution is 7.89. The van der Waals surface area contributed by atoms with Crippen LogP contribution in [0, 0.1) is 5.92 Å². The van der Waals surface area contributed by atoms with Gasteiger partial charge in [-0.05, 0) is 54.4 Å². The van der Waals surface area contributed by atoms with E-state index in [1.807, 2.05) is 36.4 Å². The van der Waals surface area contributed by atoms with Crippen molar-refractivity contribution in [2.45, 2.75) is 50.2 Å². The monoisotopic (exact) mass is 565 g/mol. The fraction of sp³-hybridized carbons (Fsp3) is 0.387. The highest BCUT2D eigenvalue weighted by Gasteiger charge is 2.27. The van der Waals surface area contributed by atoms with E-state index in [0.29, 0.717) is 30.3 Å². The number of hydrogen-bond acceptors (Lipinski definition) is 6. The Balaban J connectivity index is 1.47. The third-order valence-electron chi connectivity index (χ3n) is 6.84. The minimum absolute atomic E-state index is 0.0514. The summed E-state index contributed by atoms with van der Waals surface area (Å²) in [7, 11) is -0.264. The third-order valence-corrected chi connectivity index (χ3v) is 8.33. The van der Waals surface area contributed by atoms with Gasteiger partial charge >= 0.3 is 0 Å². The van der Waals surface area contributed by atoms with Crippen LogP contribution < -0.4 is 19.5 Å². The molecule has 0 aromatic heterocycles. The van der Waals surface area contributed by atoms with Gasteiger partial charge in [-0.25, -0.2) is 13.1 Å². The first-order valence-corrected chi connectivity index (χ1v) is 15.1. The zero-order valence-corrected chi connectivity index (χ0v) is 24.4. The van der Waals surface area contributed by atoms with Gasteiger partial charge in [-0.2, -0.15) is 0 Å². The van der Waals surface area contributed by atoms with Crippen LogP contribution >= 0.6 is 0 Å². The largest absolute Gasteiger partial charge is 0.497 e. The van der Waals surface area contributed by atoms with Crippen molar-refractivity contribution in [1.82, 2.24) is 14.9 Å². The molecule has 1 aliphatic rings. The number of methoxy groups -OCH3 is 1. The number of fused-ring (bicyclic) bond motifs is 1. The van der Waals surface area contributed by atoms with Crippen LogP contribution in [0.4, 0.5) is 0 Å². The van der Waals surface area contributed by atoms with Crippen LogP contribution in [-0.4, -0.2) is 46.5 Å². The Hall–Kier alpha value is -3.40. The maximum Gasteiger partial charge on any atom is 0.241 e. The molecule has 1 amide bonds. The molecule has 3 aromatic rings. The van der Waals surface area contributed by atoms with Crippen molar-refractivity contribution in [3.05, 3.63) is 89.5 Å². The van der Waals surface area contributed by atoms with Crippen molar-refractivity contribution in [1.29, 1.82) is 0 Å². The molecular weight excluding hydrogens is 526 g/mol. The first kappa shape index (κ1) is 29.6. The molecule has 3 aromatic carbocycles. The Morgan fingerprint density at radius 1 is 1.07 bits per heavy atom. The van der Waals surface area contributed by atoms with Gasteiger partial charge in [0.05, 0.1) is 30.7 Å². The van der Waals surface area contributed by atoms with Crippen molar-refractivity contribution >= 4 is 15.9 Å². The standard InChI is InChI=1S/C31H39N3O5S/c1-22(2)20-34(3)21-23-10-15-27-28(16-17-39-30(27)18-23)32-31(35)19-29(24-8-6-5-7-9-24)33-40(36,37)26-13-11-25(38-4)12-14-26/h5-15,18,22,28-29,33H,16-17,19-21H2,1-4H3,(H,32,35). The van der Waals surface area contributed by atoms with Gasteiger partial charge in [-0.1, -0.05) is 56.3 Å². The number of ether oxygens (including phenoxy) is 2. The van der Waals surface area contributed by atoms with E-state index in [-0.39, 0.29) is 23.3 Å². The number of sulfonamides is 1. The number of carbonyl (C=O) groups is 1. The number of benzene rings is 3. The fourth-order valence-corrected chi connectivity index (χ4v) is 6.27. The molecule has 40 heavy (non-hydrogen) atoms. The van der Waals surface area contributed by atoms with Gasteiger partial charge in [0.25, 0.3) is 0 Å². The smallest absolute Gasteiger partial charge is 0.241 e. The molecule has 2 N–H and O–H groups in total. The molecule has 4 rings (SSSR count). The van der Waals surface area contributed by atoms with Crippen LogP contribution in [0.15, 0.2) is 77.7 Å². The Bertz CT molecular complexity index is 1380. The average molecular weight is 566 g/mol. The summed E-state index contributed by atoms with van der Waals surface area (Å²) in [4.78, 5) is 15.7. The molecule has 9 heteroatoms. The highest BCUT2D eigenvalue weighted by atomic mass is 32.2. The normalized spacial score (nSPS) is 15.8. The summed E-state index contributed by atoms with van der Waals surface area (Å²) in [6.07, 6.45) is 0.586. The zero-order valence-electron chi connectivity index (χ0n) is 23.6. The van der Waals surface area contributed by atoms with Crippen LogP contribution in [0.25, 0.3) is 0 Å². The summed E-state index contributed by atoms with van der Waals surface area (Å²) in [5.41, 5.74) is 2.80. The molecule has 0 saturated heterocycles. The molecule has 0 spiro atoms. The topological polar surface area (TPSA) is 97.0 Å². The molecule has 8 nitrogen and oxygen atoms in total. The van der Waals surface area contributed by atoms with Gasteiger partial charge in [-0.3, -0.25) is 4.79 Å². The van der Waals surface area contributed by atoms with E-state index in [4.69, 9.17) is 9.47 Å². The lowest BCUT2D eigenvalue weighted by atomic mass is 9.97. The maximum absolute atomic E-state index is 13.3. The lowest BCUT2D eigenvalue weighted by molar-refractivity contribution is -0.122. The van der Waals surface area contributed by atoms with Gasteiger partial charge in [0.1, 0.15) is 11.5 Å². The van der Waals surface area contributed by atoms with Crippen LogP contribution in [0.2, 0.25) is 0 Å². The summed E-state index contributed by atoms with van der Waals surface area (Å²) in [6, 6.07) is 20.5. The summed E-state index contributed by atoms with van der Waals surface area (Å²) >= 11 is 0. The van der Waals surface area contributed by atoms with E-state index in [1.54, 1.807) is 12.1 Å². The third kappa shape index (κ3) is 7.84. The molecule has 0 bridgehead atoms. The highest BCUT2D eigenvalue weighted by Crippen LogP contribution is 2.33. The Labute approximate surface area is 237 Å². The van der Waals surface area contributed by atoms with Gasteiger partial charge < -0.3 is 19.7 Å². The molecule has 0 radical (unpaired) electrons. The lowest BCUT2D eigenvalue weighted by Crippen LogP contribution is -2.36. The number of rotatable bonds is 12. The Kier molecular flexibility index (Phi) is 9.84.